The summed E-state index contributed by atoms with van der Waals surface area (Å²) >= 11 is 0. The fourth-order valence-electron chi connectivity index (χ4n) is 5.81. The molecule has 2 aromatic rings. The molecule has 6 rings (SSSR count). The van der Waals surface area contributed by atoms with Gasteiger partial charge in [-0.25, -0.2) is 4.79 Å². The van der Waals surface area contributed by atoms with Crippen LogP contribution in [0.2, 0.25) is 0 Å². The Morgan fingerprint density at radius 2 is 1.67 bits per heavy atom. The number of carbonyl (C=O) groups is 3. The standard InChI is InChI=1S/C26H28N2O5/c29-24(28-14-16-9-10-23(28)21(13-16)25(30)31)11-12-27-26(32)33-15-22-19-7-3-1-5-17(19)18-6-2-4-8-20(18)22/h1-8,16,21-23H,9-15H2,(H,27,32)(H,30,31). The summed E-state index contributed by atoms with van der Waals surface area (Å²) in [5.74, 6) is -1.15. The smallest absolute Gasteiger partial charge is 0.407 e. The highest BCUT2D eigenvalue weighted by atomic mass is 16.5. The van der Waals surface area contributed by atoms with Crippen molar-refractivity contribution in [1.29, 1.82) is 0 Å². The minimum Gasteiger partial charge on any atom is -0.481 e. The average Bonchev–Trinajstić information content (AvgIpc) is 3.16. The quantitative estimate of drug-likeness (QED) is 0.704. The van der Waals surface area contributed by atoms with Gasteiger partial charge in [0.15, 0.2) is 0 Å². The molecule has 0 radical (unpaired) electrons. The Bertz CT molecular complexity index is 1040. The van der Waals surface area contributed by atoms with Gasteiger partial charge in [0.05, 0.1) is 5.92 Å². The van der Waals surface area contributed by atoms with Crippen LogP contribution in [0, 0.1) is 11.8 Å². The van der Waals surface area contributed by atoms with Crippen molar-refractivity contribution in [2.75, 3.05) is 19.7 Å². The zero-order valence-electron chi connectivity index (χ0n) is 18.4. The first-order valence-electron chi connectivity index (χ1n) is 11.6. The summed E-state index contributed by atoms with van der Waals surface area (Å²) in [5.41, 5.74) is 4.64. The maximum absolute atomic E-state index is 12.7. The van der Waals surface area contributed by atoms with E-state index >= 15 is 0 Å². The monoisotopic (exact) mass is 448 g/mol. The minimum absolute atomic E-state index is 0.0124. The summed E-state index contributed by atoms with van der Waals surface area (Å²) in [6, 6.07) is 16.1. The zero-order chi connectivity index (χ0) is 22.9. The van der Waals surface area contributed by atoms with Gasteiger partial charge in [0.1, 0.15) is 6.61 Å². The summed E-state index contributed by atoms with van der Waals surface area (Å²) in [6.45, 7) is 1.02. The van der Waals surface area contributed by atoms with Crippen LogP contribution in [0.5, 0.6) is 0 Å². The first kappa shape index (κ1) is 21.5. The number of aliphatic carboxylic acids is 1. The maximum atomic E-state index is 12.7. The van der Waals surface area contributed by atoms with E-state index in [9.17, 15) is 19.5 Å². The molecule has 2 N–H and O–H groups in total. The average molecular weight is 449 g/mol. The lowest BCUT2D eigenvalue weighted by Gasteiger charge is -2.48. The fourth-order valence-corrected chi connectivity index (χ4v) is 5.81. The van der Waals surface area contributed by atoms with Gasteiger partial charge >= 0.3 is 12.1 Å². The van der Waals surface area contributed by atoms with Gasteiger partial charge in [-0.15, -0.1) is 0 Å². The first-order valence-corrected chi connectivity index (χ1v) is 11.6. The molecule has 1 saturated carbocycles. The number of nitrogens with zero attached hydrogens (tertiary/aromatic N) is 1. The molecule has 2 aliphatic heterocycles. The lowest BCUT2D eigenvalue weighted by atomic mass is 9.72. The van der Waals surface area contributed by atoms with E-state index in [2.05, 4.69) is 29.6 Å². The van der Waals surface area contributed by atoms with Crippen LogP contribution >= 0.6 is 0 Å². The zero-order valence-corrected chi connectivity index (χ0v) is 18.4. The van der Waals surface area contributed by atoms with E-state index in [1.54, 1.807) is 4.90 Å². The molecule has 2 saturated heterocycles. The number of hydrogen-bond donors (Lipinski definition) is 2. The van der Waals surface area contributed by atoms with Crippen molar-refractivity contribution in [2.45, 2.75) is 37.6 Å². The van der Waals surface area contributed by atoms with Gasteiger partial charge in [-0.3, -0.25) is 9.59 Å². The van der Waals surface area contributed by atoms with Crippen LogP contribution in [-0.2, 0) is 14.3 Å². The second-order valence-corrected chi connectivity index (χ2v) is 9.24. The number of piperidine rings is 2. The van der Waals surface area contributed by atoms with Gasteiger partial charge in [-0.2, -0.15) is 0 Å². The minimum atomic E-state index is -0.820. The number of carboxylic acids is 1. The molecule has 3 unspecified atom stereocenters. The van der Waals surface area contributed by atoms with Crippen molar-refractivity contribution >= 4 is 18.0 Å². The second kappa shape index (κ2) is 8.89. The maximum Gasteiger partial charge on any atom is 0.407 e. The summed E-state index contributed by atoms with van der Waals surface area (Å²) in [4.78, 5) is 38.3. The Kier molecular flexibility index (Phi) is 5.79. The number of carboxylic acid groups (broad SMARTS) is 1. The van der Waals surface area contributed by atoms with Crippen LogP contribution in [0.15, 0.2) is 48.5 Å². The Morgan fingerprint density at radius 1 is 1.00 bits per heavy atom. The number of fused-ring (bicyclic) bond motifs is 6. The molecule has 3 atom stereocenters. The summed E-state index contributed by atoms with van der Waals surface area (Å²) in [5, 5.41) is 12.1. The van der Waals surface area contributed by atoms with Crippen molar-refractivity contribution in [1.82, 2.24) is 10.2 Å². The first-order chi connectivity index (χ1) is 16.0. The fraction of sp³-hybridized carbons (Fsp3) is 0.423. The third-order valence-corrected chi connectivity index (χ3v) is 7.37. The highest BCUT2D eigenvalue weighted by molar-refractivity contribution is 5.80. The normalized spacial score (nSPS) is 23.0. The van der Waals surface area contributed by atoms with Crippen molar-refractivity contribution in [2.24, 2.45) is 11.8 Å². The van der Waals surface area contributed by atoms with Gasteiger partial charge in [-0.1, -0.05) is 48.5 Å². The Labute approximate surface area is 192 Å². The molecule has 2 amide bonds. The molecule has 2 heterocycles. The summed E-state index contributed by atoms with van der Waals surface area (Å²) in [6.07, 6.45) is 1.97. The Hall–Kier alpha value is -3.35. The Balaban J connectivity index is 1.13. The van der Waals surface area contributed by atoms with Crippen LogP contribution in [-0.4, -0.2) is 53.7 Å². The SMILES string of the molecule is O=C(NCCC(=O)N1CC2CCC1C(C(=O)O)C2)OCC1c2ccccc2-c2ccccc21. The molecular formula is C26H28N2O5. The molecular weight excluding hydrogens is 420 g/mol. The molecule has 4 aliphatic rings. The van der Waals surface area contributed by atoms with Gasteiger partial charge in [0, 0.05) is 31.5 Å². The largest absolute Gasteiger partial charge is 0.481 e. The van der Waals surface area contributed by atoms with Crippen molar-refractivity contribution < 1.29 is 24.2 Å². The molecule has 0 spiro atoms. The predicted molar refractivity (Wildman–Crippen MR) is 122 cm³/mol. The topological polar surface area (TPSA) is 95.9 Å². The molecule has 172 valence electrons. The molecule has 7 heteroatoms. The number of alkyl carbamates (subject to hydrolysis) is 1. The van der Waals surface area contributed by atoms with E-state index in [1.807, 2.05) is 24.3 Å². The van der Waals surface area contributed by atoms with E-state index in [4.69, 9.17) is 4.74 Å². The van der Waals surface area contributed by atoms with Crippen LogP contribution in [0.1, 0.15) is 42.7 Å². The number of amides is 2. The number of rotatable bonds is 6. The van der Waals surface area contributed by atoms with E-state index < -0.39 is 18.0 Å². The third-order valence-electron chi connectivity index (χ3n) is 7.37. The number of carbonyl (C=O) groups excluding carboxylic acids is 2. The number of ether oxygens (including phenoxy) is 1. The summed E-state index contributed by atoms with van der Waals surface area (Å²) in [7, 11) is 0. The molecule has 2 aromatic carbocycles. The van der Waals surface area contributed by atoms with Crippen molar-refractivity contribution in [3.05, 3.63) is 59.7 Å². The van der Waals surface area contributed by atoms with Crippen LogP contribution < -0.4 is 5.32 Å². The highest BCUT2D eigenvalue weighted by Gasteiger charge is 2.45. The van der Waals surface area contributed by atoms with Crippen molar-refractivity contribution in [3.63, 3.8) is 0 Å². The molecule has 7 nitrogen and oxygen atoms in total. The van der Waals surface area contributed by atoms with Crippen LogP contribution in [0.25, 0.3) is 11.1 Å². The molecule has 2 aliphatic carbocycles. The number of nitrogens with one attached hydrogen (secondary N) is 1. The molecule has 3 fully saturated rings. The van der Waals surface area contributed by atoms with E-state index in [0.717, 1.165) is 24.0 Å². The lowest BCUT2D eigenvalue weighted by molar-refractivity contribution is -0.155. The highest BCUT2D eigenvalue weighted by Crippen LogP contribution is 2.44. The third kappa shape index (κ3) is 4.08. The van der Waals surface area contributed by atoms with Gasteiger partial charge < -0.3 is 20.1 Å². The molecule has 2 bridgehead atoms. The Morgan fingerprint density at radius 3 is 2.30 bits per heavy atom. The second-order valence-electron chi connectivity index (χ2n) is 9.24. The van der Waals surface area contributed by atoms with E-state index in [0.29, 0.717) is 13.0 Å². The van der Waals surface area contributed by atoms with Gasteiger partial charge in [0.2, 0.25) is 5.91 Å². The molecule has 33 heavy (non-hydrogen) atoms. The number of hydrogen-bond acceptors (Lipinski definition) is 4. The van der Waals surface area contributed by atoms with Crippen LogP contribution in [0.4, 0.5) is 4.79 Å². The van der Waals surface area contributed by atoms with E-state index in [-0.39, 0.29) is 43.4 Å². The van der Waals surface area contributed by atoms with Gasteiger partial charge in [0.25, 0.3) is 0 Å². The lowest BCUT2D eigenvalue weighted by Crippen LogP contribution is -2.57. The van der Waals surface area contributed by atoms with E-state index in [1.165, 1.54) is 11.1 Å². The van der Waals surface area contributed by atoms with Crippen LogP contribution in [0.3, 0.4) is 0 Å². The van der Waals surface area contributed by atoms with Crippen molar-refractivity contribution in [3.8, 4) is 11.1 Å². The number of benzene rings is 2. The molecule has 0 aromatic heterocycles. The van der Waals surface area contributed by atoms with Gasteiger partial charge in [-0.05, 0) is 47.4 Å². The predicted octanol–water partition coefficient (Wildman–Crippen LogP) is 3.63. The summed E-state index contributed by atoms with van der Waals surface area (Å²) < 4.78 is 5.51.